The SMILES string of the molecule is CCC(COC)NC(=O)C(N)CCc1ccccc1. The summed E-state index contributed by atoms with van der Waals surface area (Å²) in [4.78, 5) is 11.9. The van der Waals surface area contributed by atoms with Gasteiger partial charge in [-0.1, -0.05) is 37.3 Å². The lowest BCUT2D eigenvalue weighted by Crippen LogP contribution is -2.46. The van der Waals surface area contributed by atoms with Crippen molar-refractivity contribution in [2.24, 2.45) is 5.73 Å². The van der Waals surface area contributed by atoms with Gasteiger partial charge in [0, 0.05) is 7.11 Å². The van der Waals surface area contributed by atoms with E-state index in [-0.39, 0.29) is 11.9 Å². The van der Waals surface area contributed by atoms with Crippen molar-refractivity contribution >= 4 is 5.91 Å². The van der Waals surface area contributed by atoms with E-state index in [0.29, 0.717) is 13.0 Å². The van der Waals surface area contributed by atoms with Crippen LogP contribution >= 0.6 is 0 Å². The van der Waals surface area contributed by atoms with Gasteiger partial charge in [0.1, 0.15) is 0 Å². The molecule has 106 valence electrons. The van der Waals surface area contributed by atoms with Crippen LogP contribution < -0.4 is 11.1 Å². The monoisotopic (exact) mass is 264 g/mol. The third kappa shape index (κ3) is 5.85. The topological polar surface area (TPSA) is 64.3 Å². The smallest absolute Gasteiger partial charge is 0.237 e. The fourth-order valence-corrected chi connectivity index (χ4v) is 1.87. The number of methoxy groups -OCH3 is 1. The molecule has 2 atom stereocenters. The number of hydrogen-bond acceptors (Lipinski definition) is 3. The van der Waals surface area contributed by atoms with E-state index < -0.39 is 6.04 Å². The predicted molar refractivity (Wildman–Crippen MR) is 76.8 cm³/mol. The Morgan fingerprint density at radius 2 is 2.05 bits per heavy atom. The highest BCUT2D eigenvalue weighted by atomic mass is 16.5. The molecule has 0 saturated heterocycles. The standard InChI is InChI=1S/C15H24N2O2/c1-3-13(11-19-2)17-15(18)14(16)10-9-12-7-5-4-6-8-12/h4-8,13-14H,3,9-11,16H2,1-2H3,(H,17,18). The van der Waals surface area contributed by atoms with Crippen LogP contribution in [0.5, 0.6) is 0 Å². The molecule has 0 saturated carbocycles. The zero-order valence-electron chi connectivity index (χ0n) is 11.8. The fourth-order valence-electron chi connectivity index (χ4n) is 1.87. The van der Waals surface area contributed by atoms with Gasteiger partial charge in [0.25, 0.3) is 0 Å². The summed E-state index contributed by atoms with van der Waals surface area (Å²) in [5.41, 5.74) is 7.11. The van der Waals surface area contributed by atoms with Gasteiger partial charge in [0.2, 0.25) is 5.91 Å². The Morgan fingerprint density at radius 1 is 1.37 bits per heavy atom. The number of carbonyl (C=O) groups excluding carboxylic acids is 1. The second kappa shape index (κ2) is 8.67. The minimum absolute atomic E-state index is 0.0419. The zero-order valence-corrected chi connectivity index (χ0v) is 11.8. The lowest BCUT2D eigenvalue weighted by Gasteiger charge is -2.19. The van der Waals surface area contributed by atoms with E-state index in [1.54, 1.807) is 7.11 Å². The Balaban J connectivity index is 2.36. The van der Waals surface area contributed by atoms with Crippen LogP contribution in [0.2, 0.25) is 0 Å². The van der Waals surface area contributed by atoms with Crippen molar-refractivity contribution in [3.63, 3.8) is 0 Å². The van der Waals surface area contributed by atoms with Gasteiger partial charge in [-0.05, 0) is 24.8 Å². The molecule has 4 nitrogen and oxygen atoms in total. The molecular weight excluding hydrogens is 240 g/mol. The minimum Gasteiger partial charge on any atom is -0.383 e. The van der Waals surface area contributed by atoms with E-state index in [2.05, 4.69) is 5.32 Å². The quantitative estimate of drug-likeness (QED) is 0.747. The molecule has 1 aromatic rings. The second-order valence-electron chi connectivity index (χ2n) is 4.70. The van der Waals surface area contributed by atoms with Crippen molar-refractivity contribution in [2.75, 3.05) is 13.7 Å². The van der Waals surface area contributed by atoms with Crippen LogP contribution in [0.15, 0.2) is 30.3 Å². The van der Waals surface area contributed by atoms with Crippen LogP contribution in [0.4, 0.5) is 0 Å². The normalized spacial score (nSPS) is 13.8. The van der Waals surface area contributed by atoms with Gasteiger partial charge >= 0.3 is 0 Å². The molecule has 0 bridgehead atoms. The summed E-state index contributed by atoms with van der Waals surface area (Å²) in [5.74, 6) is -0.0974. The summed E-state index contributed by atoms with van der Waals surface area (Å²) in [7, 11) is 1.63. The van der Waals surface area contributed by atoms with E-state index in [1.807, 2.05) is 37.3 Å². The number of hydrogen-bond donors (Lipinski definition) is 2. The van der Waals surface area contributed by atoms with Crippen LogP contribution in [-0.2, 0) is 16.0 Å². The van der Waals surface area contributed by atoms with E-state index in [0.717, 1.165) is 12.8 Å². The molecule has 0 fully saturated rings. The summed E-state index contributed by atoms with van der Waals surface area (Å²) in [6.07, 6.45) is 2.31. The summed E-state index contributed by atoms with van der Waals surface area (Å²) >= 11 is 0. The number of nitrogens with two attached hydrogens (primary N) is 1. The highest BCUT2D eigenvalue weighted by Crippen LogP contribution is 2.04. The number of aryl methyl sites for hydroxylation is 1. The Kier molecular flexibility index (Phi) is 7.15. The summed E-state index contributed by atoms with van der Waals surface area (Å²) < 4.78 is 5.05. The number of benzene rings is 1. The first kappa shape index (κ1) is 15.7. The zero-order chi connectivity index (χ0) is 14.1. The molecule has 3 N–H and O–H groups in total. The van der Waals surface area contributed by atoms with Crippen LogP contribution in [-0.4, -0.2) is 31.7 Å². The minimum atomic E-state index is -0.467. The first-order valence-electron chi connectivity index (χ1n) is 6.76. The lowest BCUT2D eigenvalue weighted by atomic mass is 10.0. The number of carbonyl (C=O) groups is 1. The van der Waals surface area contributed by atoms with Crippen LogP contribution in [0.25, 0.3) is 0 Å². The molecule has 2 unspecified atom stereocenters. The number of amides is 1. The third-order valence-corrected chi connectivity index (χ3v) is 3.13. The lowest BCUT2D eigenvalue weighted by molar-refractivity contribution is -0.123. The summed E-state index contributed by atoms with van der Waals surface area (Å²) in [5, 5.41) is 2.91. The first-order valence-corrected chi connectivity index (χ1v) is 6.76. The Morgan fingerprint density at radius 3 is 2.63 bits per heavy atom. The van der Waals surface area contributed by atoms with Crippen LogP contribution in [0.1, 0.15) is 25.3 Å². The molecule has 4 heteroatoms. The Bertz CT molecular complexity index is 368. The number of ether oxygens (including phenoxy) is 1. The van der Waals surface area contributed by atoms with Crippen molar-refractivity contribution in [3.05, 3.63) is 35.9 Å². The molecule has 0 heterocycles. The van der Waals surface area contributed by atoms with Gasteiger partial charge in [-0.15, -0.1) is 0 Å². The van der Waals surface area contributed by atoms with E-state index in [9.17, 15) is 4.79 Å². The van der Waals surface area contributed by atoms with E-state index in [4.69, 9.17) is 10.5 Å². The van der Waals surface area contributed by atoms with Gasteiger partial charge in [0.15, 0.2) is 0 Å². The van der Waals surface area contributed by atoms with E-state index >= 15 is 0 Å². The van der Waals surface area contributed by atoms with Crippen molar-refractivity contribution in [1.29, 1.82) is 0 Å². The molecule has 0 radical (unpaired) electrons. The average Bonchev–Trinajstić information content (AvgIpc) is 2.45. The van der Waals surface area contributed by atoms with E-state index in [1.165, 1.54) is 5.56 Å². The van der Waals surface area contributed by atoms with Gasteiger partial charge < -0.3 is 15.8 Å². The maximum Gasteiger partial charge on any atom is 0.237 e. The molecule has 19 heavy (non-hydrogen) atoms. The van der Waals surface area contributed by atoms with Crippen LogP contribution in [0, 0.1) is 0 Å². The van der Waals surface area contributed by atoms with Gasteiger partial charge in [-0.25, -0.2) is 0 Å². The van der Waals surface area contributed by atoms with Crippen LogP contribution in [0.3, 0.4) is 0 Å². The number of nitrogens with one attached hydrogen (secondary N) is 1. The summed E-state index contributed by atoms with van der Waals surface area (Å²) in [6.45, 7) is 2.53. The molecule has 0 aromatic heterocycles. The third-order valence-electron chi connectivity index (χ3n) is 3.13. The molecule has 0 spiro atoms. The highest BCUT2D eigenvalue weighted by molar-refractivity contribution is 5.81. The molecule has 0 aliphatic heterocycles. The fraction of sp³-hybridized carbons (Fsp3) is 0.533. The molecule has 1 amide bonds. The molecule has 0 aliphatic carbocycles. The molecule has 0 aliphatic rings. The van der Waals surface area contributed by atoms with Crippen molar-refractivity contribution in [3.8, 4) is 0 Å². The average molecular weight is 264 g/mol. The van der Waals surface area contributed by atoms with Crippen molar-refractivity contribution in [1.82, 2.24) is 5.32 Å². The second-order valence-corrected chi connectivity index (χ2v) is 4.70. The largest absolute Gasteiger partial charge is 0.383 e. The van der Waals surface area contributed by atoms with Crippen molar-refractivity contribution in [2.45, 2.75) is 38.3 Å². The highest BCUT2D eigenvalue weighted by Gasteiger charge is 2.16. The molecular formula is C15H24N2O2. The van der Waals surface area contributed by atoms with Gasteiger partial charge in [-0.2, -0.15) is 0 Å². The van der Waals surface area contributed by atoms with Crippen molar-refractivity contribution < 1.29 is 9.53 Å². The van der Waals surface area contributed by atoms with Gasteiger partial charge in [-0.3, -0.25) is 4.79 Å². The molecule has 1 rings (SSSR count). The molecule has 1 aromatic carbocycles. The van der Waals surface area contributed by atoms with Gasteiger partial charge in [0.05, 0.1) is 18.7 Å². The predicted octanol–water partition coefficient (Wildman–Crippen LogP) is 1.49. The summed E-state index contributed by atoms with van der Waals surface area (Å²) in [6, 6.07) is 9.63. The Hall–Kier alpha value is -1.39. The first-order chi connectivity index (χ1) is 9.17. The maximum atomic E-state index is 11.9. The maximum absolute atomic E-state index is 11.9. The number of rotatable bonds is 8. The Labute approximate surface area is 115 Å².